The summed E-state index contributed by atoms with van der Waals surface area (Å²) in [5.41, 5.74) is 2.91. The van der Waals surface area contributed by atoms with Gasteiger partial charge in [-0.25, -0.2) is 5.01 Å². The Morgan fingerprint density at radius 2 is 2.07 bits per heavy atom. The molecule has 1 unspecified atom stereocenters. The average molecular weight is 385 g/mol. The van der Waals surface area contributed by atoms with Gasteiger partial charge >= 0.3 is 0 Å². The van der Waals surface area contributed by atoms with Crippen molar-refractivity contribution in [2.24, 2.45) is 5.10 Å². The minimum absolute atomic E-state index is 0.0122. The number of benzene rings is 1. The molecule has 0 aliphatic carbocycles. The lowest BCUT2D eigenvalue weighted by Gasteiger charge is -2.33. The molecule has 0 spiro atoms. The van der Waals surface area contributed by atoms with E-state index in [-0.39, 0.29) is 17.7 Å². The van der Waals surface area contributed by atoms with Gasteiger partial charge in [-0.05, 0) is 41.6 Å². The molecule has 27 heavy (non-hydrogen) atoms. The summed E-state index contributed by atoms with van der Waals surface area (Å²) in [7, 11) is 2.11. The topological polar surface area (TPSA) is 59.4 Å². The molecule has 3 heterocycles. The van der Waals surface area contributed by atoms with Gasteiger partial charge in [-0.15, -0.1) is 0 Å². The van der Waals surface area contributed by atoms with E-state index in [0.717, 1.165) is 43.0 Å². The molecule has 1 aromatic carbocycles. The zero-order chi connectivity index (χ0) is 18.8. The highest BCUT2D eigenvalue weighted by Gasteiger charge is 2.34. The van der Waals surface area contributed by atoms with Crippen LogP contribution in [0.4, 0.5) is 0 Å². The van der Waals surface area contributed by atoms with Crippen LogP contribution in [0.3, 0.4) is 0 Å². The fourth-order valence-corrected chi connectivity index (χ4v) is 4.27. The average Bonchev–Trinajstić information content (AvgIpc) is 3.33. The summed E-state index contributed by atoms with van der Waals surface area (Å²) in [6.45, 7) is 4.13. The van der Waals surface area contributed by atoms with E-state index in [9.17, 15) is 9.90 Å². The molecule has 2 aliphatic rings. The molecule has 1 fully saturated rings. The third-order valence-corrected chi connectivity index (χ3v) is 5.91. The molecule has 0 bridgehead atoms. The predicted molar refractivity (Wildman–Crippen MR) is 107 cm³/mol. The van der Waals surface area contributed by atoms with Crippen LogP contribution in [-0.2, 0) is 4.79 Å². The molecular weight excluding hydrogens is 360 g/mol. The van der Waals surface area contributed by atoms with E-state index >= 15 is 0 Å². The number of phenols is 1. The van der Waals surface area contributed by atoms with Crippen molar-refractivity contribution in [1.29, 1.82) is 0 Å². The fraction of sp³-hybridized carbons (Fsp3) is 0.400. The number of carbonyl (C=O) groups is 1. The van der Waals surface area contributed by atoms with E-state index in [0.29, 0.717) is 13.0 Å². The largest absolute Gasteiger partial charge is 0.508 e. The number of aromatic hydroxyl groups is 1. The molecule has 1 atom stereocenters. The second-order valence-corrected chi connectivity index (χ2v) is 7.97. The van der Waals surface area contributed by atoms with Crippen LogP contribution in [0.5, 0.6) is 5.75 Å². The summed E-state index contributed by atoms with van der Waals surface area (Å²) in [6.07, 6.45) is 0.661. The number of thiophene rings is 1. The van der Waals surface area contributed by atoms with Crippen LogP contribution in [-0.4, -0.2) is 71.3 Å². The highest BCUT2D eigenvalue weighted by Crippen LogP contribution is 2.34. The van der Waals surface area contributed by atoms with E-state index in [2.05, 4.69) is 27.3 Å². The van der Waals surface area contributed by atoms with Crippen molar-refractivity contribution in [3.05, 3.63) is 52.2 Å². The summed E-state index contributed by atoms with van der Waals surface area (Å²) in [6, 6.07) is 9.01. The van der Waals surface area contributed by atoms with Gasteiger partial charge in [-0.2, -0.15) is 16.4 Å². The molecule has 1 N–H and O–H groups in total. The van der Waals surface area contributed by atoms with Crippen LogP contribution in [0.1, 0.15) is 23.6 Å². The quantitative estimate of drug-likeness (QED) is 0.879. The highest BCUT2D eigenvalue weighted by atomic mass is 32.1. The first-order valence-corrected chi connectivity index (χ1v) is 10.2. The lowest BCUT2D eigenvalue weighted by molar-refractivity contribution is -0.134. The van der Waals surface area contributed by atoms with Crippen molar-refractivity contribution in [2.75, 3.05) is 39.8 Å². The summed E-state index contributed by atoms with van der Waals surface area (Å²) in [5.74, 6) is 0.223. The molecule has 1 amide bonds. The molecule has 142 valence electrons. The molecule has 0 saturated carbocycles. The number of hydrazone groups is 1. The Morgan fingerprint density at radius 1 is 1.26 bits per heavy atom. The third kappa shape index (κ3) is 4.05. The van der Waals surface area contributed by atoms with Gasteiger partial charge in [0.15, 0.2) is 0 Å². The monoisotopic (exact) mass is 384 g/mol. The first kappa shape index (κ1) is 18.2. The molecule has 1 aromatic heterocycles. The Balaban J connectivity index is 1.56. The predicted octanol–water partition coefficient (Wildman–Crippen LogP) is 2.38. The van der Waals surface area contributed by atoms with Gasteiger partial charge in [0.05, 0.1) is 18.3 Å². The van der Waals surface area contributed by atoms with Gasteiger partial charge in [0, 0.05) is 38.2 Å². The number of hydrogen-bond donors (Lipinski definition) is 1. The summed E-state index contributed by atoms with van der Waals surface area (Å²) < 4.78 is 0. The zero-order valence-corrected chi connectivity index (χ0v) is 16.2. The maximum absolute atomic E-state index is 13.1. The molecule has 2 aliphatic heterocycles. The Kier molecular flexibility index (Phi) is 5.24. The SMILES string of the molecule is CN1CCN(CC(=O)N2N=C(c3ccsc3)CC2c2cccc(O)c2)CC1. The highest BCUT2D eigenvalue weighted by molar-refractivity contribution is 7.08. The first-order valence-electron chi connectivity index (χ1n) is 9.22. The maximum atomic E-state index is 13.1. The Morgan fingerprint density at radius 3 is 2.78 bits per heavy atom. The van der Waals surface area contributed by atoms with Gasteiger partial charge in [-0.3, -0.25) is 9.69 Å². The van der Waals surface area contributed by atoms with Gasteiger partial charge < -0.3 is 10.0 Å². The van der Waals surface area contributed by atoms with Crippen LogP contribution < -0.4 is 0 Å². The second-order valence-electron chi connectivity index (χ2n) is 7.19. The summed E-state index contributed by atoms with van der Waals surface area (Å²) in [4.78, 5) is 17.6. The van der Waals surface area contributed by atoms with E-state index in [4.69, 9.17) is 0 Å². The van der Waals surface area contributed by atoms with Gasteiger partial charge in [0.2, 0.25) is 0 Å². The van der Waals surface area contributed by atoms with Gasteiger partial charge in [0.1, 0.15) is 5.75 Å². The number of piperazine rings is 1. The van der Waals surface area contributed by atoms with Gasteiger partial charge in [-0.1, -0.05) is 12.1 Å². The van der Waals surface area contributed by atoms with Crippen LogP contribution in [0.25, 0.3) is 0 Å². The van der Waals surface area contributed by atoms with Crippen molar-refractivity contribution in [3.8, 4) is 5.75 Å². The Labute approximate surface area is 163 Å². The maximum Gasteiger partial charge on any atom is 0.257 e. The van der Waals surface area contributed by atoms with Crippen LogP contribution in [0, 0.1) is 0 Å². The number of nitrogens with zero attached hydrogens (tertiary/aromatic N) is 4. The summed E-state index contributed by atoms with van der Waals surface area (Å²) >= 11 is 1.63. The number of phenolic OH excluding ortho intramolecular Hbond substituents is 1. The molecule has 1 saturated heterocycles. The van der Waals surface area contributed by atoms with E-state index < -0.39 is 0 Å². The van der Waals surface area contributed by atoms with Gasteiger partial charge in [0.25, 0.3) is 5.91 Å². The van der Waals surface area contributed by atoms with Crippen molar-refractivity contribution < 1.29 is 9.90 Å². The second kappa shape index (κ2) is 7.80. The van der Waals surface area contributed by atoms with Crippen molar-refractivity contribution in [1.82, 2.24) is 14.8 Å². The molecule has 2 aromatic rings. The lowest BCUT2D eigenvalue weighted by atomic mass is 9.99. The van der Waals surface area contributed by atoms with Crippen LogP contribution in [0.15, 0.2) is 46.2 Å². The molecule has 0 radical (unpaired) electrons. The number of carbonyl (C=O) groups excluding carboxylic acids is 1. The standard InChI is InChI=1S/C20H24N4O2S/c1-22-6-8-23(9-7-22)13-20(26)24-19(15-3-2-4-17(25)11-15)12-18(21-24)16-5-10-27-14-16/h2-5,10-11,14,19,25H,6-9,12-13H2,1H3. The third-order valence-electron chi connectivity index (χ3n) is 5.23. The molecule has 6 nitrogen and oxygen atoms in total. The lowest BCUT2D eigenvalue weighted by Crippen LogP contribution is -2.48. The van der Waals surface area contributed by atoms with E-state index in [1.54, 1.807) is 28.5 Å². The van der Waals surface area contributed by atoms with Crippen molar-refractivity contribution >= 4 is 23.0 Å². The van der Waals surface area contributed by atoms with Crippen LogP contribution in [0.2, 0.25) is 0 Å². The fourth-order valence-electron chi connectivity index (χ4n) is 3.60. The number of hydrogen-bond acceptors (Lipinski definition) is 6. The Bertz CT molecular complexity index is 828. The first-order chi connectivity index (χ1) is 13.1. The molecule has 7 heteroatoms. The van der Waals surface area contributed by atoms with E-state index in [1.807, 2.05) is 23.6 Å². The minimum Gasteiger partial charge on any atom is -0.508 e. The number of rotatable bonds is 4. The zero-order valence-electron chi connectivity index (χ0n) is 15.4. The minimum atomic E-state index is -0.174. The van der Waals surface area contributed by atoms with E-state index in [1.165, 1.54) is 0 Å². The Hall–Kier alpha value is -2.22. The molecule has 4 rings (SSSR count). The molecular formula is C20H24N4O2S. The van der Waals surface area contributed by atoms with Crippen molar-refractivity contribution in [2.45, 2.75) is 12.5 Å². The van der Waals surface area contributed by atoms with Crippen LogP contribution >= 0.6 is 11.3 Å². The van der Waals surface area contributed by atoms with Crippen molar-refractivity contribution in [3.63, 3.8) is 0 Å². The summed E-state index contributed by atoms with van der Waals surface area (Å²) in [5, 5.41) is 20.3. The smallest absolute Gasteiger partial charge is 0.257 e. The normalized spacial score (nSPS) is 21.4. The number of likely N-dealkylation sites (N-methyl/N-ethyl adjacent to an activating group) is 1. The number of amides is 1.